The summed E-state index contributed by atoms with van der Waals surface area (Å²) in [5.41, 5.74) is 5.98. The predicted octanol–water partition coefficient (Wildman–Crippen LogP) is 6.01. The Bertz CT molecular complexity index is 1070. The minimum atomic E-state index is 0.593. The van der Waals surface area contributed by atoms with Crippen molar-refractivity contribution in [1.82, 2.24) is 9.97 Å². The molecule has 0 spiro atoms. The molecule has 4 aromatic rings. The molecule has 0 atom stereocenters. The van der Waals surface area contributed by atoms with Crippen molar-refractivity contribution in [2.45, 2.75) is 38.5 Å². The summed E-state index contributed by atoms with van der Waals surface area (Å²) in [5, 5.41) is 2.20. The van der Waals surface area contributed by atoms with Crippen LogP contribution in [0.5, 0.6) is 0 Å². The summed E-state index contributed by atoms with van der Waals surface area (Å²) >= 11 is 0. The van der Waals surface area contributed by atoms with Crippen molar-refractivity contribution < 1.29 is 4.42 Å². The number of rotatable bonds is 2. The molecule has 25 heavy (non-hydrogen) atoms. The third-order valence-electron chi connectivity index (χ3n) is 5.35. The van der Waals surface area contributed by atoms with Gasteiger partial charge in [0.1, 0.15) is 5.58 Å². The molecule has 1 aromatic carbocycles. The fraction of sp³-hybridized carbons (Fsp3) is 0.273. The molecule has 0 aliphatic heterocycles. The smallest absolute Gasteiger partial charge is 0.227 e. The third kappa shape index (κ3) is 2.42. The first-order valence-electron chi connectivity index (χ1n) is 9.05. The lowest BCUT2D eigenvalue weighted by Crippen LogP contribution is -1.95. The molecule has 0 radical (unpaired) electrons. The van der Waals surface area contributed by atoms with Crippen molar-refractivity contribution in [3.05, 3.63) is 59.9 Å². The summed E-state index contributed by atoms with van der Waals surface area (Å²) in [6.45, 7) is 2.08. The van der Waals surface area contributed by atoms with Gasteiger partial charge in [-0.1, -0.05) is 25.0 Å². The normalized spacial score (nSPS) is 15.4. The number of furan rings is 1. The number of aromatic nitrogens is 2. The average molecular weight is 328 g/mol. The highest BCUT2D eigenvalue weighted by Crippen LogP contribution is 2.37. The molecule has 0 unspecified atom stereocenters. The van der Waals surface area contributed by atoms with Crippen LogP contribution in [0, 0.1) is 6.92 Å². The second-order valence-corrected chi connectivity index (χ2v) is 7.07. The number of nitrogens with zero attached hydrogens (tertiary/aromatic N) is 2. The highest BCUT2D eigenvalue weighted by Gasteiger charge is 2.20. The number of pyridine rings is 2. The molecular weight excluding hydrogens is 308 g/mol. The van der Waals surface area contributed by atoms with Gasteiger partial charge in [-0.2, -0.15) is 0 Å². The summed E-state index contributed by atoms with van der Waals surface area (Å²) in [5.74, 6) is 0.593. The van der Waals surface area contributed by atoms with Gasteiger partial charge >= 0.3 is 0 Å². The fourth-order valence-corrected chi connectivity index (χ4v) is 4.03. The van der Waals surface area contributed by atoms with Crippen LogP contribution in [-0.4, -0.2) is 9.97 Å². The maximum atomic E-state index is 6.23. The standard InChI is InChI=1S/C22H20N2O/c1-14-11-12-23-20(13-14)18-8-4-7-16-17-9-10-19(15-5-2-3-6-15)24-22(17)25-21(16)18/h4,7-13,15H,2-3,5-6H2,1H3. The van der Waals surface area contributed by atoms with E-state index in [1.807, 2.05) is 12.3 Å². The fourth-order valence-electron chi connectivity index (χ4n) is 4.03. The molecule has 0 saturated heterocycles. The summed E-state index contributed by atoms with van der Waals surface area (Å²) in [7, 11) is 0. The maximum Gasteiger partial charge on any atom is 0.227 e. The number of aryl methyl sites for hydroxylation is 1. The minimum Gasteiger partial charge on any atom is -0.437 e. The zero-order valence-electron chi connectivity index (χ0n) is 14.3. The molecule has 1 fully saturated rings. The van der Waals surface area contributed by atoms with Gasteiger partial charge in [-0.25, -0.2) is 4.98 Å². The van der Waals surface area contributed by atoms with Crippen LogP contribution in [0.4, 0.5) is 0 Å². The highest BCUT2D eigenvalue weighted by atomic mass is 16.3. The topological polar surface area (TPSA) is 38.9 Å². The van der Waals surface area contributed by atoms with Crippen LogP contribution in [0.3, 0.4) is 0 Å². The van der Waals surface area contributed by atoms with Crippen LogP contribution in [-0.2, 0) is 0 Å². The van der Waals surface area contributed by atoms with Gasteiger partial charge in [-0.05, 0) is 55.7 Å². The Hall–Kier alpha value is -2.68. The molecule has 3 nitrogen and oxygen atoms in total. The van der Waals surface area contributed by atoms with Crippen molar-refractivity contribution in [2.75, 3.05) is 0 Å². The SMILES string of the molecule is Cc1ccnc(-c2cccc3c2oc2nc(C4CCCC4)ccc23)c1. The summed E-state index contributed by atoms with van der Waals surface area (Å²) in [4.78, 5) is 9.39. The number of benzene rings is 1. The van der Waals surface area contributed by atoms with E-state index in [0.717, 1.165) is 33.3 Å². The molecule has 1 aliphatic carbocycles. The molecule has 3 aromatic heterocycles. The molecule has 1 saturated carbocycles. The first-order chi connectivity index (χ1) is 12.3. The van der Waals surface area contributed by atoms with E-state index >= 15 is 0 Å². The van der Waals surface area contributed by atoms with Crippen molar-refractivity contribution in [3.63, 3.8) is 0 Å². The van der Waals surface area contributed by atoms with Crippen LogP contribution < -0.4 is 0 Å². The Labute approximate surface area is 146 Å². The van der Waals surface area contributed by atoms with E-state index < -0.39 is 0 Å². The zero-order chi connectivity index (χ0) is 16.8. The van der Waals surface area contributed by atoms with Crippen LogP contribution in [0.2, 0.25) is 0 Å². The lowest BCUT2D eigenvalue weighted by molar-refractivity contribution is 0.638. The molecule has 0 N–H and O–H groups in total. The Morgan fingerprint density at radius 1 is 1.00 bits per heavy atom. The summed E-state index contributed by atoms with van der Waals surface area (Å²) < 4.78 is 6.23. The van der Waals surface area contributed by atoms with Gasteiger partial charge in [-0.15, -0.1) is 0 Å². The molecule has 0 bridgehead atoms. The van der Waals surface area contributed by atoms with Gasteiger partial charge < -0.3 is 4.42 Å². The molecule has 5 rings (SSSR count). The quantitative estimate of drug-likeness (QED) is 0.452. The molecular formula is C22H20N2O. The number of hydrogen-bond acceptors (Lipinski definition) is 3. The van der Waals surface area contributed by atoms with E-state index in [2.05, 4.69) is 48.3 Å². The maximum absolute atomic E-state index is 6.23. The predicted molar refractivity (Wildman–Crippen MR) is 101 cm³/mol. The lowest BCUT2D eigenvalue weighted by atomic mass is 10.0. The molecule has 1 aliphatic rings. The van der Waals surface area contributed by atoms with E-state index in [1.165, 1.54) is 36.9 Å². The lowest BCUT2D eigenvalue weighted by Gasteiger charge is -2.06. The first kappa shape index (κ1) is 14.6. The molecule has 3 heterocycles. The van der Waals surface area contributed by atoms with Crippen LogP contribution in [0.1, 0.15) is 42.9 Å². The number of hydrogen-bond donors (Lipinski definition) is 0. The van der Waals surface area contributed by atoms with Crippen molar-refractivity contribution >= 4 is 22.1 Å². The van der Waals surface area contributed by atoms with Gasteiger partial charge in [0.25, 0.3) is 0 Å². The average Bonchev–Trinajstić information content (AvgIpc) is 3.28. The summed E-state index contributed by atoms with van der Waals surface area (Å²) in [6.07, 6.45) is 6.97. The van der Waals surface area contributed by atoms with Crippen molar-refractivity contribution in [1.29, 1.82) is 0 Å². The second-order valence-electron chi connectivity index (χ2n) is 7.07. The monoisotopic (exact) mass is 328 g/mol. The van der Waals surface area contributed by atoms with E-state index in [1.54, 1.807) is 0 Å². The van der Waals surface area contributed by atoms with Gasteiger partial charge in [0.05, 0.1) is 5.69 Å². The minimum absolute atomic E-state index is 0.593. The van der Waals surface area contributed by atoms with Crippen LogP contribution in [0.15, 0.2) is 53.1 Å². The van der Waals surface area contributed by atoms with Gasteiger partial charge in [0, 0.05) is 34.1 Å². The Kier molecular flexibility index (Phi) is 3.34. The zero-order valence-corrected chi connectivity index (χ0v) is 14.3. The van der Waals surface area contributed by atoms with E-state index in [-0.39, 0.29) is 0 Å². The second kappa shape index (κ2) is 5.69. The van der Waals surface area contributed by atoms with E-state index in [9.17, 15) is 0 Å². The molecule has 0 amide bonds. The Balaban J connectivity index is 1.71. The number of fused-ring (bicyclic) bond motifs is 3. The van der Waals surface area contributed by atoms with Gasteiger partial charge in [0.2, 0.25) is 5.71 Å². The van der Waals surface area contributed by atoms with Gasteiger partial charge in [-0.3, -0.25) is 4.98 Å². The van der Waals surface area contributed by atoms with Crippen LogP contribution in [0.25, 0.3) is 33.3 Å². The van der Waals surface area contributed by atoms with Crippen molar-refractivity contribution in [2.24, 2.45) is 0 Å². The van der Waals surface area contributed by atoms with Crippen molar-refractivity contribution in [3.8, 4) is 11.3 Å². The van der Waals surface area contributed by atoms with E-state index in [0.29, 0.717) is 5.92 Å². The van der Waals surface area contributed by atoms with Gasteiger partial charge in [0.15, 0.2) is 0 Å². The molecule has 124 valence electrons. The molecule has 3 heteroatoms. The summed E-state index contributed by atoms with van der Waals surface area (Å²) in [6, 6.07) is 14.7. The Morgan fingerprint density at radius 3 is 2.72 bits per heavy atom. The van der Waals surface area contributed by atoms with Crippen LogP contribution >= 0.6 is 0 Å². The van der Waals surface area contributed by atoms with E-state index in [4.69, 9.17) is 9.40 Å². The number of para-hydroxylation sites is 1. The first-order valence-corrected chi connectivity index (χ1v) is 9.05. The largest absolute Gasteiger partial charge is 0.437 e. The Morgan fingerprint density at radius 2 is 1.88 bits per heavy atom. The third-order valence-corrected chi connectivity index (χ3v) is 5.35. The highest BCUT2D eigenvalue weighted by molar-refractivity contribution is 6.08.